The van der Waals surface area contributed by atoms with Gasteiger partial charge in [-0.2, -0.15) is 0 Å². The molecular formula is C13H18BrNO3S. The molecule has 0 bridgehead atoms. The van der Waals surface area contributed by atoms with Crippen molar-refractivity contribution < 1.29 is 13.5 Å². The van der Waals surface area contributed by atoms with Gasteiger partial charge in [-0.15, -0.1) is 0 Å². The summed E-state index contributed by atoms with van der Waals surface area (Å²) in [5.41, 5.74) is 0.888. The fourth-order valence-corrected chi connectivity index (χ4v) is 3.85. The zero-order valence-electron chi connectivity index (χ0n) is 10.6. The van der Waals surface area contributed by atoms with Crippen LogP contribution in [0.25, 0.3) is 0 Å². The van der Waals surface area contributed by atoms with Crippen molar-refractivity contribution in [1.29, 1.82) is 0 Å². The van der Waals surface area contributed by atoms with Crippen LogP contribution in [0.3, 0.4) is 0 Å². The average molecular weight is 348 g/mol. The number of hydrogen-bond donors (Lipinski definition) is 1. The smallest absolute Gasteiger partial charge is 0.152 e. The summed E-state index contributed by atoms with van der Waals surface area (Å²) in [4.78, 5) is 2.10. The minimum absolute atomic E-state index is 0.236. The van der Waals surface area contributed by atoms with E-state index in [0.717, 1.165) is 16.6 Å². The first-order chi connectivity index (χ1) is 8.96. The van der Waals surface area contributed by atoms with Crippen molar-refractivity contribution in [2.24, 2.45) is 0 Å². The molecule has 0 amide bonds. The number of benzene rings is 1. The lowest BCUT2D eigenvalue weighted by Crippen LogP contribution is -2.40. The molecule has 2 rings (SSSR count). The monoisotopic (exact) mass is 347 g/mol. The third-order valence-corrected chi connectivity index (χ3v) is 5.49. The summed E-state index contributed by atoms with van der Waals surface area (Å²) in [5.74, 6) is 0.472. The zero-order valence-corrected chi connectivity index (χ0v) is 13.0. The van der Waals surface area contributed by atoms with E-state index in [2.05, 4.69) is 20.8 Å². The maximum Gasteiger partial charge on any atom is 0.152 e. The first-order valence-electron chi connectivity index (χ1n) is 6.32. The molecule has 1 unspecified atom stereocenters. The molecule has 1 saturated heterocycles. The van der Waals surface area contributed by atoms with Crippen LogP contribution in [0.15, 0.2) is 28.7 Å². The Labute approximate surface area is 122 Å². The van der Waals surface area contributed by atoms with Crippen molar-refractivity contribution in [2.45, 2.75) is 12.5 Å². The highest BCUT2D eigenvalue weighted by Gasteiger charge is 2.21. The van der Waals surface area contributed by atoms with Crippen LogP contribution in [0.5, 0.6) is 0 Å². The van der Waals surface area contributed by atoms with E-state index >= 15 is 0 Å². The Kier molecular flexibility index (Phi) is 5.00. The third-order valence-electron chi connectivity index (χ3n) is 3.39. The van der Waals surface area contributed by atoms with Gasteiger partial charge in [-0.25, -0.2) is 8.42 Å². The summed E-state index contributed by atoms with van der Waals surface area (Å²) in [6, 6.07) is 7.63. The van der Waals surface area contributed by atoms with Gasteiger partial charge in [-0.05, 0) is 24.1 Å². The van der Waals surface area contributed by atoms with Crippen LogP contribution in [0.1, 0.15) is 18.1 Å². The van der Waals surface area contributed by atoms with E-state index in [1.54, 1.807) is 0 Å². The predicted octanol–water partition coefficient (Wildman–Crippen LogP) is 1.60. The van der Waals surface area contributed by atoms with Crippen molar-refractivity contribution >= 4 is 25.8 Å². The average Bonchev–Trinajstić information content (AvgIpc) is 2.37. The fraction of sp³-hybridized carbons (Fsp3) is 0.538. The Balaban J connectivity index is 1.83. The van der Waals surface area contributed by atoms with Crippen molar-refractivity contribution in [1.82, 2.24) is 4.90 Å². The van der Waals surface area contributed by atoms with E-state index in [9.17, 15) is 13.5 Å². The molecule has 1 fully saturated rings. The van der Waals surface area contributed by atoms with Crippen LogP contribution in [0.2, 0.25) is 0 Å². The molecule has 0 aromatic heterocycles. The Morgan fingerprint density at radius 1 is 1.32 bits per heavy atom. The van der Waals surface area contributed by atoms with Gasteiger partial charge >= 0.3 is 0 Å². The van der Waals surface area contributed by atoms with Crippen LogP contribution in [0.4, 0.5) is 0 Å². The number of halogens is 1. The predicted molar refractivity (Wildman–Crippen MR) is 78.8 cm³/mol. The van der Waals surface area contributed by atoms with Crippen molar-refractivity contribution in [3.8, 4) is 0 Å². The maximum atomic E-state index is 11.3. The van der Waals surface area contributed by atoms with Crippen molar-refractivity contribution in [3.63, 3.8) is 0 Å². The number of aliphatic hydroxyl groups excluding tert-OH is 1. The van der Waals surface area contributed by atoms with E-state index in [4.69, 9.17) is 0 Å². The summed E-state index contributed by atoms with van der Waals surface area (Å²) < 4.78 is 23.6. The molecule has 0 radical (unpaired) electrons. The number of sulfone groups is 1. The molecular weight excluding hydrogens is 330 g/mol. The summed E-state index contributed by atoms with van der Waals surface area (Å²) in [7, 11) is -2.82. The molecule has 1 aromatic rings. The van der Waals surface area contributed by atoms with Gasteiger partial charge in [0, 0.05) is 24.1 Å². The second-order valence-electron chi connectivity index (χ2n) is 4.85. The number of aliphatic hydroxyl groups is 1. The first kappa shape index (κ1) is 15.0. The topological polar surface area (TPSA) is 57.6 Å². The highest BCUT2D eigenvalue weighted by atomic mass is 79.9. The highest BCUT2D eigenvalue weighted by molar-refractivity contribution is 9.10. The van der Waals surface area contributed by atoms with E-state index in [0.29, 0.717) is 19.5 Å². The van der Waals surface area contributed by atoms with Crippen LogP contribution in [0, 0.1) is 0 Å². The zero-order chi connectivity index (χ0) is 13.9. The summed E-state index contributed by atoms with van der Waals surface area (Å²) >= 11 is 3.38. The SMILES string of the molecule is O=S1(=O)CCN(CCC(O)c2cccc(Br)c2)CC1. The van der Waals surface area contributed by atoms with Crippen molar-refractivity contribution in [2.75, 3.05) is 31.1 Å². The minimum Gasteiger partial charge on any atom is -0.388 e. The van der Waals surface area contributed by atoms with Gasteiger partial charge in [0.1, 0.15) is 0 Å². The van der Waals surface area contributed by atoms with Crippen molar-refractivity contribution in [3.05, 3.63) is 34.3 Å². The number of rotatable bonds is 4. The summed E-state index contributed by atoms with van der Waals surface area (Å²) in [6.45, 7) is 1.88. The molecule has 4 nitrogen and oxygen atoms in total. The molecule has 106 valence electrons. The van der Waals surface area contributed by atoms with Gasteiger partial charge in [0.15, 0.2) is 9.84 Å². The summed E-state index contributed by atoms with van der Waals surface area (Å²) in [5, 5.41) is 10.1. The minimum atomic E-state index is -2.82. The lowest BCUT2D eigenvalue weighted by atomic mass is 10.1. The lowest BCUT2D eigenvalue weighted by Gasteiger charge is -2.27. The van der Waals surface area contributed by atoms with Gasteiger partial charge in [0.25, 0.3) is 0 Å². The molecule has 1 N–H and O–H groups in total. The molecule has 1 heterocycles. The Morgan fingerprint density at radius 3 is 2.63 bits per heavy atom. The van der Waals surface area contributed by atoms with Gasteiger partial charge in [0.05, 0.1) is 17.6 Å². The lowest BCUT2D eigenvalue weighted by molar-refractivity contribution is 0.144. The quantitative estimate of drug-likeness (QED) is 0.898. The van der Waals surface area contributed by atoms with Crippen LogP contribution < -0.4 is 0 Å². The second-order valence-corrected chi connectivity index (χ2v) is 8.07. The molecule has 1 aromatic carbocycles. The van der Waals surface area contributed by atoms with E-state index in [1.165, 1.54) is 0 Å². The number of nitrogens with zero attached hydrogens (tertiary/aromatic N) is 1. The highest BCUT2D eigenvalue weighted by Crippen LogP contribution is 2.21. The molecule has 0 spiro atoms. The fourth-order valence-electron chi connectivity index (χ4n) is 2.16. The van der Waals surface area contributed by atoms with Gasteiger partial charge < -0.3 is 10.0 Å². The largest absolute Gasteiger partial charge is 0.388 e. The molecule has 0 saturated carbocycles. The van der Waals surface area contributed by atoms with Gasteiger partial charge in [-0.3, -0.25) is 0 Å². The first-order valence-corrected chi connectivity index (χ1v) is 8.94. The van der Waals surface area contributed by atoms with E-state index in [1.807, 2.05) is 24.3 Å². The third kappa shape index (κ3) is 4.56. The van der Waals surface area contributed by atoms with E-state index in [-0.39, 0.29) is 11.5 Å². The molecule has 1 aliphatic rings. The van der Waals surface area contributed by atoms with E-state index < -0.39 is 15.9 Å². The van der Waals surface area contributed by atoms with Crippen LogP contribution in [-0.2, 0) is 9.84 Å². The Hall–Kier alpha value is -0.430. The van der Waals surface area contributed by atoms with Crippen LogP contribution in [-0.4, -0.2) is 49.6 Å². The summed E-state index contributed by atoms with van der Waals surface area (Å²) in [6.07, 6.45) is 0.118. The molecule has 1 atom stereocenters. The molecule has 1 aliphatic heterocycles. The molecule has 0 aliphatic carbocycles. The Morgan fingerprint density at radius 2 is 2.00 bits per heavy atom. The van der Waals surface area contributed by atoms with Gasteiger partial charge in [-0.1, -0.05) is 28.1 Å². The second kappa shape index (κ2) is 6.35. The number of hydrogen-bond acceptors (Lipinski definition) is 4. The normalized spacial score (nSPS) is 21.2. The maximum absolute atomic E-state index is 11.3. The van der Waals surface area contributed by atoms with Gasteiger partial charge in [0.2, 0.25) is 0 Å². The molecule has 6 heteroatoms. The molecule has 19 heavy (non-hydrogen) atoms. The van der Waals surface area contributed by atoms with Crippen LogP contribution >= 0.6 is 15.9 Å². The standard InChI is InChI=1S/C13H18BrNO3S/c14-12-3-1-2-11(10-12)13(16)4-5-15-6-8-19(17,18)9-7-15/h1-3,10,13,16H,4-9H2. The Bertz CT molecular complexity index is 518.